The van der Waals surface area contributed by atoms with Crippen molar-refractivity contribution < 1.29 is 19.5 Å². The number of nitrogens with zero attached hydrogens (tertiary/aromatic N) is 2. The van der Waals surface area contributed by atoms with E-state index in [2.05, 4.69) is 0 Å². The molecule has 2 rings (SSSR count). The highest BCUT2D eigenvalue weighted by Crippen LogP contribution is 2.17. The van der Waals surface area contributed by atoms with Gasteiger partial charge in [0.1, 0.15) is 0 Å². The summed E-state index contributed by atoms with van der Waals surface area (Å²) < 4.78 is 0. The van der Waals surface area contributed by atoms with E-state index in [0.29, 0.717) is 31.0 Å². The molecule has 0 radical (unpaired) electrons. The van der Waals surface area contributed by atoms with E-state index >= 15 is 0 Å². The highest BCUT2D eigenvalue weighted by Gasteiger charge is 2.27. The van der Waals surface area contributed by atoms with Crippen LogP contribution >= 0.6 is 11.6 Å². The fourth-order valence-electron chi connectivity index (χ4n) is 2.68. The second kappa shape index (κ2) is 8.15. The van der Waals surface area contributed by atoms with Crippen molar-refractivity contribution in [3.05, 3.63) is 34.9 Å². The quantitative estimate of drug-likeness (QED) is 0.874. The van der Waals surface area contributed by atoms with E-state index in [1.54, 1.807) is 36.2 Å². The van der Waals surface area contributed by atoms with E-state index in [4.69, 9.17) is 16.7 Å². The average molecular weight is 353 g/mol. The zero-order valence-electron chi connectivity index (χ0n) is 13.6. The van der Waals surface area contributed by atoms with Gasteiger partial charge in [0.05, 0.1) is 18.9 Å². The highest BCUT2D eigenvalue weighted by atomic mass is 35.5. The first kappa shape index (κ1) is 18.3. The van der Waals surface area contributed by atoms with Crippen LogP contribution in [0, 0.1) is 5.92 Å². The summed E-state index contributed by atoms with van der Waals surface area (Å²) in [6, 6.07) is 7.02. The minimum Gasteiger partial charge on any atom is -0.481 e. The fourth-order valence-corrected chi connectivity index (χ4v) is 2.80. The molecule has 0 aromatic heterocycles. The molecule has 1 aliphatic heterocycles. The molecule has 0 unspecified atom stereocenters. The standard InChI is InChI=1S/C17H21ClN2O4/c1-19(15(21)10-12-2-4-14(18)5-3-12)11-16(22)20-8-6-13(7-9-20)17(23)24/h2-5,13H,6-11H2,1H3,(H,23,24). The summed E-state index contributed by atoms with van der Waals surface area (Å²) in [5.74, 6) is -1.48. The van der Waals surface area contributed by atoms with Gasteiger partial charge in [0.2, 0.25) is 11.8 Å². The maximum absolute atomic E-state index is 12.3. The minimum atomic E-state index is -0.808. The molecule has 1 aliphatic rings. The Morgan fingerprint density at radius 3 is 2.33 bits per heavy atom. The molecule has 24 heavy (non-hydrogen) atoms. The number of amides is 2. The number of hydrogen-bond acceptors (Lipinski definition) is 3. The Morgan fingerprint density at radius 1 is 1.21 bits per heavy atom. The van der Waals surface area contributed by atoms with Gasteiger partial charge in [-0.25, -0.2) is 0 Å². The van der Waals surface area contributed by atoms with Gasteiger partial charge in [-0.1, -0.05) is 23.7 Å². The van der Waals surface area contributed by atoms with Crippen molar-refractivity contribution in [3.63, 3.8) is 0 Å². The van der Waals surface area contributed by atoms with Gasteiger partial charge in [0.15, 0.2) is 0 Å². The van der Waals surface area contributed by atoms with Crippen LogP contribution in [-0.4, -0.2) is 59.4 Å². The monoisotopic (exact) mass is 352 g/mol. The van der Waals surface area contributed by atoms with Crippen LogP contribution in [0.4, 0.5) is 0 Å². The van der Waals surface area contributed by atoms with E-state index < -0.39 is 5.97 Å². The fraction of sp³-hybridized carbons (Fsp3) is 0.471. The normalized spacial score (nSPS) is 15.2. The number of rotatable bonds is 5. The Morgan fingerprint density at radius 2 is 1.79 bits per heavy atom. The van der Waals surface area contributed by atoms with Gasteiger partial charge >= 0.3 is 5.97 Å². The summed E-state index contributed by atoms with van der Waals surface area (Å²) in [4.78, 5) is 38.4. The SMILES string of the molecule is CN(CC(=O)N1CCC(C(=O)O)CC1)C(=O)Cc1ccc(Cl)cc1. The van der Waals surface area contributed by atoms with Crippen LogP contribution in [0.1, 0.15) is 18.4 Å². The summed E-state index contributed by atoms with van der Waals surface area (Å²) in [6.45, 7) is 0.855. The van der Waals surface area contributed by atoms with Crippen LogP contribution in [0.15, 0.2) is 24.3 Å². The van der Waals surface area contributed by atoms with Crippen molar-refractivity contribution in [1.29, 1.82) is 0 Å². The van der Waals surface area contributed by atoms with Crippen molar-refractivity contribution >= 4 is 29.4 Å². The molecule has 1 aromatic carbocycles. The second-order valence-electron chi connectivity index (χ2n) is 6.05. The van der Waals surface area contributed by atoms with Crippen LogP contribution in [0.25, 0.3) is 0 Å². The Balaban J connectivity index is 1.81. The van der Waals surface area contributed by atoms with Gasteiger partial charge in [-0.3, -0.25) is 14.4 Å². The van der Waals surface area contributed by atoms with Gasteiger partial charge in [-0.05, 0) is 30.5 Å². The molecule has 1 fully saturated rings. The number of carbonyl (C=O) groups excluding carboxylic acids is 2. The molecule has 1 N–H and O–H groups in total. The van der Waals surface area contributed by atoms with E-state index in [1.165, 1.54) is 4.90 Å². The van der Waals surface area contributed by atoms with Crippen molar-refractivity contribution in [3.8, 4) is 0 Å². The first-order chi connectivity index (χ1) is 11.4. The van der Waals surface area contributed by atoms with Crippen molar-refractivity contribution in [2.45, 2.75) is 19.3 Å². The first-order valence-corrected chi connectivity index (χ1v) is 8.23. The number of carbonyl (C=O) groups is 3. The zero-order valence-corrected chi connectivity index (χ0v) is 14.3. The number of aliphatic carboxylic acids is 1. The van der Waals surface area contributed by atoms with Crippen molar-refractivity contribution in [2.24, 2.45) is 5.92 Å². The average Bonchev–Trinajstić information content (AvgIpc) is 2.56. The van der Waals surface area contributed by atoms with Gasteiger partial charge in [0, 0.05) is 25.2 Å². The Kier molecular flexibility index (Phi) is 6.20. The second-order valence-corrected chi connectivity index (χ2v) is 6.48. The molecule has 1 aromatic rings. The maximum Gasteiger partial charge on any atom is 0.306 e. The lowest BCUT2D eigenvalue weighted by Crippen LogP contribution is -2.45. The summed E-state index contributed by atoms with van der Waals surface area (Å²) >= 11 is 5.81. The molecule has 2 amide bonds. The number of carboxylic acid groups (broad SMARTS) is 1. The molecule has 1 heterocycles. The number of benzene rings is 1. The maximum atomic E-state index is 12.3. The lowest BCUT2D eigenvalue weighted by molar-refractivity contribution is -0.146. The third-order valence-electron chi connectivity index (χ3n) is 4.26. The van der Waals surface area contributed by atoms with Gasteiger partial charge < -0.3 is 14.9 Å². The molecule has 0 saturated carbocycles. The van der Waals surface area contributed by atoms with E-state index in [-0.39, 0.29) is 30.7 Å². The lowest BCUT2D eigenvalue weighted by Gasteiger charge is -2.31. The van der Waals surface area contributed by atoms with Crippen LogP contribution < -0.4 is 0 Å². The summed E-state index contributed by atoms with van der Waals surface area (Å²) in [7, 11) is 1.60. The molecule has 130 valence electrons. The lowest BCUT2D eigenvalue weighted by atomic mass is 9.97. The molecule has 1 saturated heterocycles. The van der Waals surface area contributed by atoms with E-state index in [0.717, 1.165) is 5.56 Å². The predicted octanol–water partition coefficient (Wildman–Crippen LogP) is 1.66. The largest absolute Gasteiger partial charge is 0.481 e. The minimum absolute atomic E-state index is 0.00413. The van der Waals surface area contributed by atoms with Crippen LogP contribution in [0.2, 0.25) is 5.02 Å². The number of halogens is 1. The Hall–Kier alpha value is -2.08. The van der Waals surface area contributed by atoms with Crippen molar-refractivity contribution in [1.82, 2.24) is 9.80 Å². The topological polar surface area (TPSA) is 77.9 Å². The summed E-state index contributed by atoms with van der Waals surface area (Å²) in [5.41, 5.74) is 0.839. The molecule has 7 heteroatoms. The molecule has 0 aliphatic carbocycles. The molecule has 0 bridgehead atoms. The van der Waals surface area contributed by atoms with E-state index in [9.17, 15) is 14.4 Å². The molecular weight excluding hydrogens is 332 g/mol. The van der Waals surface area contributed by atoms with Gasteiger partial charge in [-0.2, -0.15) is 0 Å². The molecule has 0 spiro atoms. The zero-order chi connectivity index (χ0) is 17.7. The smallest absolute Gasteiger partial charge is 0.306 e. The summed E-state index contributed by atoms with van der Waals surface area (Å²) in [5, 5.41) is 9.58. The Bertz CT molecular complexity index is 610. The Labute approximate surface area is 146 Å². The molecule has 0 atom stereocenters. The van der Waals surface area contributed by atoms with Gasteiger partial charge in [0.25, 0.3) is 0 Å². The third kappa shape index (κ3) is 4.96. The first-order valence-electron chi connectivity index (χ1n) is 7.86. The number of carboxylic acids is 1. The predicted molar refractivity (Wildman–Crippen MR) is 89.7 cm³/mol. The third-order valence-corrected chi connectivity index (χ3v) is 4.52. The number of piperidine rings is 1. The van der Waals surface area contributed by atoms with Crippen LogP contribution in [-0.2, 0) is 20.8 Å². The van der Waals surface area contributed by atoms with Gasteiger partial charge in [-0.15, -0.1) is 0 Å². The van der Waals surface area contributed by atoms with Crippen LogP contribution in [0.3, 0.4) is 0 Å². The summed E-state index contributed by atoms with van der Waals surface area (Å²) in [6.07, 6.45) is 1.13. The molecular formula is C17H21ClN2O4. The number of likely N-dealkylation sites (tertiary alicyclic amines) is 1. The molecule has 6 nitrogen and oxygen atoms in total. The van der Waals surface area contributed by atoms with Crippen LogP contribution in [0.5, 0.6) is 0 Å². The highest BCUT2D eigenvalue weighted by molar-refractivity contribution is 6.30. The van der Waals surface area contributed by atoms with Crippen molar-refractivity contribution in [2.75, 3.05) is 26.7 Å². The number of likely N-dealkylation sites (N-methyl/N-ethyl adjacent to an activating group) is 1. The van der Waals surface area contributed by atoms with E-state index in [1.807, 2.05) is 0 Å². The number of hydrogen-bond donors (Lipinski definition) is 1.